The Hall–Kier alpha value is -2.42. The first-order valence-corrected chi connectivity index (χ1v) is 9.08. The van der Waals surface area contributed by atoms with Crippen molar-refractivity contribution >= 4 is 27.3 Å². The van der Waals surface area contributed by atoms with E-state index in [0.29, 0.717) is 18.7 Å². The predicted octanol–water partition coefficient (Wildman–Crippen LogP) is 1.76. The van der Waals surface area contributed by atoms with Crippen molar-refractivity contribution in [3.63, 3.8) is 0 Å². The summed E-state index contributed by atoms with van der Waals surface area (Å²) in [6.07, 6.45) is 5.20. The summed E-state index contributed by atoms with van der Waals surface area (Å²) in [4.78, 5) is 16.1. The topological polar surface area (TPSA) is 84.3 Å². The van der Waals surface area contributed by atoms with Gasteiger partial charge < -0.3 is 9.88 Å². The van der Waals surface area contributed by atoms with Crippen LogP contribution in [0.4, 0.5) is 15.8 Å². The summed E-state index contributed by atoms with van der Waals surface area (Å²) < 4.78 is 40.8. The molecule has 1 fully saturated rings. The summed E-state index contributed by atoms with van der Waals surface area (Å²) >= 11 is 0. The van der Waals surface area contributed by atoms with Crippen LogP contribution in [0.3, 0.4) is 0 Å². The standard InChI is InChI=1S/C15H17FN4O3S/c1-11(19-7-5-17-10-19)15(21)18-14-9-12(3-4-13(14)16)20-6-2-8-24(20,22)23/h3-5,7,9-11H,2,6,8H2,1H3,(H,18,21). The maximum atomic E-state index is 14.0. The molecule has 2 aromatic rings. The number of halogens is 1. The van der Waals surface area contributed by atoms with Gasteiger partial charge in [0.1, 0.15) is 11.9 Å². The van der Waals surface area contributed by atoms with Crippen LogP contribution < -0.4 is 9.62 Å². The molecule has 0 bridgehead atoms. The number of hydrogen-bond acceptors (Lipinski definition) is 4. The number of benzene rings is 1. The molecule has 0 radical (unpaired) electrons. The highest BCUT2D eigenvalue weighted by molar-refractivity contribution is 7.93. The second kappa shape index (κ2) is 6.23. The third kappa shape index (κ3) is 3.12. The minimum absolute atomic E-state index is 0.0495. The molecule has 7 nitrogen and oxygen atoms in total. The second-order valence-corrected chi connectivity index (χ2v) is 7.59. The van der Waals surface area contributed by atoms with Gasteiger partial charge in [0, 0.05) is 18.9 Å². The van der Waals surface area contributed by atoms with Gasteiger partial charge in [0.25, 0.3) is 0 Å². The first-order chi connectivity index (χ1) is 11.4. The summed E-state index contributed by atoms with van der Waals surface area (Å²) in [6, 6.07) is 3.32. The third-order valence-corrected chi connectivity index (χ3v) is 5.82. The molecule has 2 heterocycles. The monoisotopic (exact) mass is 352 g/mol. The average Bonchev–Trinajstić information content (AvgIpc) is 3.18. The van der Waals surface area contributed by atoms with E-state index in [1.54, 1.807) is 23.9 Å². The van der Waals surface area contributed by atoms with Crippen LogP contribution in [0, 0.1) is 5.82 Å². The summed E-state index contributed by atoms with van der Waals surface area (Å²) in [6.45, 7) is 2.01. The predicted molar refractivity (Wildman–Crippen MR) is 87.7 cm³/mol. The molecule has 9 heteroatoms. The van der Waals surface area contributed by atoms with E-state index in [1.807, 2.05) is 0 Å². The fraction of sp³-hybridized carbons (Fsp3) is 0.333. The molecule has 1 aromatic heterocycles. The highest BCUT2D eigenvalue weighted by Crippen LogP contribution is 2.28. The van der Waals surface area contributed by atoms with E-state index >= 15 is 0 Å². The lowest BCUT2D eigenvalue weighted by atomic mass is 10.2. The van der Waals surface area contributed by atoms with Gasteiger partial charge in [-0.05, 0) is 31.5 Å². The Morgan fingerprint density at radius 2 is 2.21 bits per heavy atom. The van der Waals surface area contributed by atoms with Crippen molar-refractivity contribution in [3.05, 3.63) is 42.7 Å². The van der Waals surface area contributed by atoms with E-state index in [9.17, 15) is 17.6 Å². The first-order valence-electron chi connectivity index (χ1n) is 7.47. The van der Waals surface area contributed by atoms with Crippen molar-refractivity contribution in [2.45, 2.75) is 19.4 Å². The lowest BCUT2D eigenvalue weighted by Crippen LogP contribution is -2.26. The van der Waals surface area contributed by atoms with Crippen molar-refractivity contribution in [3.8, 4) is 0 Å². The molecule has 1 aliphatic rings. The molecular weight excluding hydrogens is 335 g/mol. The molecule has 24 heavy (non-hydrogen) atoms. The minimum atomic E-state index is -3.36. The van der Waals surface area contributed by atoms with E-state index in [4.69, 9.17) is 0 Å². The third-order valence-electron chi connectivity index (χ3n) is 3.95. The Kier molecular flexibility index (Phi) is 4.27. The van der Waals surface area contributed by atoms with Crippen molar-refractivity contribution in [1.29, 1.82) is 0 Å². The zero-order valence-corrected chi connectivity index (χ0v) is 13.8. The quantitative estimate of drug-likeness (QED) is 0.909. The van der Waals surface area contributed by atoms with Gasteiger partial charge in [0.15, 0.2) is 0 Å². The van der Waals surface area contributed by atoms with E-state index in [2.05, 4.69) is 10.3 Å². The molecular formula is C15H17FN4O3S. The number of imidazole rings is 1. The fourth-order valence-electron chi connectivity index (χ4n) is 2.56. The van der Waals surface area contributed by atoms with Crippen LogP contribution in [0.2, 0.25) is 0 Å². The number of hydrogen-bond donors (Lipinski definition) is 1. The molecule has 0 spiro atoms. The number of amides is 1. The molecule has 1 aromatic carbocycles. The van der Waals surface area contributed by atoms with E-state index in [-0.39, 0.29) is 11.4 Å². The van der Waals surface area contributed by atoms with Crippen molar-refractivity contribution in [1.82, 2.24) is 9.55 Å². The first kappa shape index (κ1) is 16.4. The Balaban J connectivity index is 1.83. The molecule has 1 atom stereocenters. The molecule has 1 saturated heterocycles. The van der Waals surface area contributed by atoms with Crippen molar-refractivity contribution in [2.24, 2.45) is 0 Å². The normalized spacial score (nSPS) is 17.7. The Morgan fingerprint density at radius 1 is 1.42 bits per heavy atom. The number of aromatic nitrogens is 2. The Morgan fingerprint density at radius 3 is 2.83 bits per heavy atom. The van der Waals surface area contributed by atoms with Gasteiger partial charge in [-0.2, -0.15) is 0 Å². The molecule has 1 unspecified atom stereocenters. The van der Waals surface area contributed by atoms with E-state index < -0.39 is 27.8 Å². The second-order valence-electron chi connectivity index (χ2n) is 5.58. The zero-order valence-electron chi connectivity index (χ0n) is 13.0. The maximum absolute atomic E-state index is 14.0. The Bertz CT molecular complexity index is 852. The zero-order chi connectivity index (χ0) is 17.3. The summed E-state index contributed by atoms with van der Waals surface area (Å²) in [5.74, 6) is -0.973. The van der Waals surface area contributed by atoms with Crippen molar-refractivity contribution in [2.75, 3.05) is 21.9 Å². The van der Waals surface area contributed by atoms with Crippen molar-refractivity contribution < 1.29 is 17.6 Å². The van der Waals surface area contributed by atoms with Crippen LogP contribution in [-0.4, -0.2) is 36.2 Å². The van der Waals surface area contributed by atoms with Gasteiger partial charge in [0.05, 0.1) is 23.5 Å². The van der Waals surface area contributed by atoms with Gasteiger partial charge in [-0.15, -0.1) is 0 Å². The van der Waals surface area contributed by atoms with Gasteiger partial charge in [0.2, 0.25) is 15.9 Å². The molecule has 1 amide bonds. The van der Waals surface area contributed by atoms with Gasteiger partial charge in [-0.3, -0.25) is 9.10 Å². The van der Waals surface area contributed by atoms with E-state index in [0.717, 1.165) is 6.07 Å². The minimum Gasteiger partial charge on any atom is -0.325 e. The molecule has 1 aliphatic heterocycles. The lowest BCUT2D eigenvalue weighted by Gasteiger charge is -2.19. The van der Waals surface area contributed by atoms with Crippen LogP contribution in [-0.2, 0) is 14.8 Å². The summed E-state index contributed by atoms with van der Waals surface area (Å²) in [5, 5.41) is 2.51. The SMILES string of the molecule is CC(C(=O)Nc1cc(N2CCCS2(=O)=O)ccc1F)n1ccnc1. The number of nitrogens with one attached hydrogen (secondary N) is 1. The van der Waals surface area contributed by atoms with Crippen LogP contribution in [0.1, 0.15) is 19.4 Å². The maximum Gasteiger partial charge on any atom is 0.247 e. The number of anilines is 2. The van der Waals surface area contributed by atoms with E-state index in [1.165, 1.54) is 22.8 Å². The smallest absolute Gasteiger partial charge is 0.247 e. The molecule has 1 N–H and O–H groups in total. The van der Waals surface area contributed by atoms with Crippen LogP contribution in [0.15, 0.2) is 36.9 Å². The highest BCUT2D eigenvalue weighted by Gasteiger charge is 2.29. The number of carbonyl (C=O) groups excluding carboxylic acids is 1. The lowest BCUT2D eigenvalue weighted by molar-refractivity contribution is -0.118. The average molecular weight is 352 g/mol. The number of sulfonamides is 1. The summed E-state index contributed by atoms with van der Waals surface area (Å²) in [5.41, 5.74) is 0.297. The van der Waals surface area contributed by atoms with Gasteiger partial charge in [-0.1, -0.05) is 0 Å². The molecule has 0 saturated carbocycles. The summed E-state index contributed by atoms with van der Waals surface area (Å²) in [7, 11) is -3.36. The molecule has 0 aliphatic carbocycles. The number of rotatable bonds is 4. The van der Waals surface area contributed by atoms with Crippen LogP contribution >= 0.6 is 0 Å². The highest BCUT2D eigenvalue weighted by atomic mass is 32.2. The van der Waals surface area contributed by atoms with Gasteiger partial charge >= 0.3 is 0 Å². The number of carbonyl (C=O) groups is 1. The Labute approximate surface area is 139 Å². The van der Waals surface area contributed by atoms with Crippen LogP contribution in [0.5, 0.6) is 0 Å². The molecule has 3 rings (SSSR count). The molecule has 128 valence electrons. The fourth-order valence-corrected chi connectivity index (χ4v) is 4.12. The largest absolute Gasteiger partial charge is 0.325 e. The van der Waals surface area contributed by atoms with Gasteiger partial charge in [-0.25, -0.2) is 17.8 Å². The number of nitrogens with zero attached hydrogens (tertiary/aromatic N) is 3. The van der Waals surface area contributed by atoms with Crippen LogP contribution in [0.25, 0.3) is 0 Å².